The summed E-state index contributed by atoms with van der Waals surface area (Å²) in [6.07, 6.45) is 1.54. The molecule has 2 aromatic rings. The van der Waals surface area contributed by atoms with Gasteiger partial charge in [0.1, 0.15) is 11.8 Å². The lowest BCUT2D eigenvalue weighted by atomic mass is 10.1. The second-order valence-electron chi connectivity index (χ2n) is 6.89. The number of benzene rings is 2. The quantitative estimate of drug-likeness (QED) is 0.685. The van der Waals surface area contributed by atoms with Crippen LogP contribution in [0, 0.1) is 6.92 Å². The van der Waals surface area contributed by atoms with Crippen molar-refractivity contribution in [1.29, 1.82) is 0 Å². The second-order valence-corrected chi connectivity index (χ2v) is 6.89. The van der Waals surface area contributed by atoms with Crippen molar-refractivity contribution in [2.24, 2.45) is 0 Å². The van der Waals surface area contributed by atoms with E-state index in [9.17, 15) is 9.59 Å². The van der Waals surface area contributed by atoms with Crippen molar-refractivity contribution in [3.05, 3.63) is 65.7 Å². The fraction of sp³-hybridized carbons (Fsp3) is 0.391. The Labute approximate surface area is 167 Å². The first kappa shape index (κ1) is 21.5. The zero-order valence-electron chi connectivity index (χ0n) is 17.0. The van der Waals surface area contributed by atoms with Gasteiger partial charge in [0.25, 0.3) is 5.91 Å². The Balaban J connectivity index is 2.04. The Morgan fingerprint density at radius 3 is 2.54 bits per heavy atom. The minimum Gasteiger partial charge on any atom is -0.484 e. The number of amides is 2. The van der Waals surface area contributed by atoms with E-state index in [1.54, 1.807) is 11.8 Å². The first-order valence-corrected chi connectivity index (χ1v) is 9.81. The maximum absolute atomic E-state index is 12.9. The van der Waals surface area contributed by atoms with Crippen LogP contribution in [0.3, 0.4) is 0 Å². The number of hydrogen-bond acceptors (Lipinski definition) is 3. The fourth-order valence-electron chi connectivity index (χ4n) is 2.90. The zero-order chi connectivity index (χ0) is 20.4. The topological polar surface area (TPSA) is 58.6 Å². The lowest BCUT2D eigenvalue weighted by molar-refractivity contribution is -0.141. The molecular weight excluding hydrogens is 352 g/mol. The highest BCUT2D eigenvalue weighted by molar-refractivity contribution is 5.87. The van der Waals surface area contributed by atoms with Crippen LogP contribution >= 0.6 is 0 Å². The van der Waals surface area contributed by atoms with Gasteiger partial charge in [0.15, 0.2) is 6.61 Å². The summed E-state index contributed by atoms with van der Waals surface area (Å²) in [5.41, 5.74) is 2.19. The lowest BCUT2D eigenvalue weighted by Crippen LogP contribution is -2.50. The largest absolute Gasteiger partial charge is 0.484 e. The molecule has 0 aliphatic rings. The van der Waals surface area contributed by atoms with Crippen LogP contribution in [0.4, 0.5) is 0 Å². The third-order valence-electron chi connectivity index (χ3n) is 4.55. The number of carbonyl (C=O) groups excluding carboxylic acids is 2. The van der Waals surface area contributed by atoms with Crippen molar-refractivity contribution >= 4 is 11.8 Å². The molecule has 0 fully saturated rings. The highest BCUT2D eigenvalue weighted by atomic mass is 16.5. The van der Waals surface area contributed by atoms with Gasteiger partial charge in [-0.25, -0.2) is 0 Å². The van der Waals surface area contributed by atoms with Crippen LogP contribution in [0.15, 0.2) is 54.6 Å². The fourth-order valence-corrected chi connectivity index (χ4v) is 2.90. The maximum atomic E-state index is 12.9. The molecule has 150 valence electrons. The third kappa shape index (κ3) is 6.72. The van der Waals surface area contributed by atoms with Gasteiger partial charge in [0.05, 0.1) is 0 Å². The minimum absolute atomic E-state index is 0.0936. The van der Waals surface area contributed by atoms with E-state index in [2.05, 4.69) is 5.32 Å². The van der Waals surface area contributed by atoms with Crippen molar-refractivity contribution in [3.63, 3.8) is 0 Å². The van der Waals surface area contributed by atoms with E-state index < -0.39 is 6.04 Å². The number of hydrogen-bond donors (Lipinski definition) is 1. The van der Waals surface area contributed by atoms with E-state index in [0.29, 0.717) is 25.3 Å². The minimum atomic E-state index is -0.552. The number of nitrogens with one attached hydrogen (secondary N) is 1. The van der Waals surface area contributed by atoms with Crippen LogP contribution in [0.2, 0.25) is 0 Å². The molecule has 0 spiro atoms. The Kier molecular flexibility index (Phi) is 8.53. The Morgan fingerprint density at radius 2 is 1.86 bits per heavy atom. The molecule has 2 amide bonds. The van der Waals surface area contributed by atoms with Crippen LogP contribution in [-0.4, -0.2) is 42.5 Å². The van der Waals surface area contributed by atoms with Gasteiger partial charge in [-0.15, -0.1) is 0 Å². The summed E-state index contributed by atoms with van der Waals surface area (Å²) in [5, 5.41) is 2.87. The summed E-state index contributed by atoms with van der Waals surface area (Å²) in [5.74, 6) is 0.315. The summed E-state index contributed by atoms with van der Waals surface area (Å²) in [4.78, 5) is 26.9. The van der Waals surface area contributed by atoms with Crippen molar-refractivity contribution in [3.8, 4) is 5.75 Å². The van der Waals surface area contributed by atoms with Gasteiger partial charge in [-0.3, -0.25) is 9.59 Å². The zero-order valence-corrected chi connectivity index (χ0v) is 17.0. The highest BCUT2D eigenvalue weighted by Gasteiger charge is 2.25. The van der Waals surface area contributed by atoms with Crippen LogP contribution < -0.4 is 10.1 Å². The molecule has 0 aliphatic heterocycles. The Bertz CT molecular complexity index is 761. The van der Waals surface area contributed by atoms with E-state index in [-0.39, 0.29) is 18.4 Å². The smallest absolute Gasteiger partial charge is 0.261 e. The van der Waals surface area contributed by atoms with Crippen molar-refractivity contribution < 1.29 is 14.3 Å². The number of nitrogens with zero attached hydrogens (tertiary/aromatic N) is 1. The molecule has 28 heavy (non-hydrogen) atoms. The molecule has 0 aliphatic carbocycles. The van der Waals surface area contributed by atoms with Gasteiger partial charge < -0.3 is 15.0 Å². The molecule has 0 radical (unpaired) electrons. The van der Waals surface area contributed by atoms with Crippen molar-refractivity contribution in [2.45, 2.75) is 39.7 Å². The summed E-state index contributed by atoms with van der Waals surface area (Å²) >= 11 is 0. The number of ether oxygens (including phenoxy) is 1. The Hall–Kier alpha value is -2.82. The second kappa shape index (κ2) is 11.1. The van der Waals surface area contributed by atoms with Crippen molar-refractivity contribution in [1.82, 2.24) is 10.2 Å². The number of rotatable bonds is 10. The van der Waals surface area contributed by atoms with E-state index in [0.717, 1.165) is 17.5 Å². The molecule has 1 atom stereocenters. The van der Waals surface area contributed by atoms with E-state index in [4.69, 9.17) is 4.74 Å². The van der Waals surface area contributed by atoms with Gasteiger partial charge in [-0.2, -0.15) is 0 Å². The van der Waals surface area contributed by atoms with E-state index in [1.165, 1.54) is 0 Å². The molecular formula is C23H30N2O3. The molecule has 0 bridgehead atoms. The summed E-state index contributed by atoms with van der Waals surface area (Å²) in [7, 11) is 0. The Morgan fingerprint density at radius 1 is 1.11 bits per heavy atom. The summed E-state index contributed by atoms with van der Waals surface area (Å²) in [6, 6.07) is 17.0. The van der Waals surface area contributed by atoms with E-state index >= 15 is 0 Å². The molecule has 5 heteroatoms. The van der Waals surface area contributed by atoms with Crippen LogP contribution in [0.5, 0.6) is 5.75 Å². The van der Waals surface area contributed by atoms with Crippen LogP contribution in [-0.2, 0) is 16.0 Å². The molecule has 0 saturated carbocycles. The summed E-state index contributed by atoms with van der Waals surface area (Å²) < 4.78 is 5.67. The molecule has 0 saturated heterocycles. The van der Waals surface area contributed by atoms with Gasteiger partial charge >= 0.3 is 0 Å². The average Bonchev–Trinajstić information content (AvgIpc) is 2.71. The van der Waals surface area contributed by atoms with E-state index in [1.807, 2.05) is 68.4 Å². The first-order chi connectivity index (χ1) is 13.5. The average molecular weight is 383 g/mol. The van der Waals surface area contributed by atoms with Crippen molar-refractivity contribution in [2.75, 3.05) is 19.7 Å². The normalized spacial score (nSPS) is 11.5. The predicted octanol–water partition coefficient (Wildman–Crippen LogP) is 3.36. The highest BCUT2D eigenvalue weighted by Crippen LogP contribution is 2.13. The van der Waals surface area contributed by atoms with Gasteiger partial charge in [0, 0.05) is 13.1 Å². The van der Waals surface area contributed by atoms with Crippen LogP contribution in [0.25, 0.3) is 0 Å². The molecule has 0 unspecified atom stereocenters. The molecule has 5 nitrogen and oxygen atoms in total. The maximum Gasteiger partial charge on any atom is 0.261 e. The molecule has 0 aromatic heterocycles. The summed E-state index contributed by atoms with van der Waals surface area (Å²) in [6.45, 7) is 6.70. The lowest BCUT2D eigenvalue weighted by Gasteiger charge is -2.28. The van der Waals surface area contributed by atoms with Crippen LogP contribution in [0.1, 0.15) is 31.4 Å². The molecule has 1 N–H and O–H groups in total. The predicted molar refractivity (Wildman–Crippen MR) is 111 cm³/mol. The monoisotopic (exact) mass is 382 g/mol. The molecule has 2 aromatic carbocycles. The third-order valence-corrected chi connectivity index (χ3v) is 4.55. The molecule has 0 heterocycles. The van der Waals surface area contributed by atoms with Gasteiger partial charge in [0.2, 0.25) is 5.91 Å². The van der Waals surface area contributed by atoms with Gasteiger partial charge in [-0.05, 0) is 49.9 Å². The SMILES string of the molecule is CCCNC(=O)[C@H](C)N(CCc1ccccc1)C(=O)COc1cccc(C)c1. The standard InChI is InChI=1S/C23H30N2O3/c1-4-14-24-23(27)19(3)25(15-13-20-10-6-5-7-11-20)22(26)17-28-21-12-8-9-18(2)16-21/h5-12,16,19H,4,13-15,17H2,1-3H3,(H,24,27)/t19-/m0/s1. The number of carbonyl (C=O) groups is 2. The van der Waals surface area contributed by atoms with Gasteiger partial charge in [-0.1, -0.05) is 49.4 Å². The number of aryl methyl sites for hydroxylation is 1. The first-order valence-electron chi connectivity index (χ1n) is 9.81. The molecule has 2 rings (SSSR count).